The number of methoxy groups -OCH3 is 1. The molecule has 0 unspecified atom stereocenters. The van der Waals surface area contributed by atoms with Crippen LogP contribution in [0.4, 0.5) is 10.5 Å². The van der Waals surface area contributed by atoms with E-state index in [1.807, 2.05) is 24.3 Å². The van der Waals surface area contributed by atoms with E-state index < -0.39 is 6.09 Å². The van der Waals surface area contributed by atoms with Gasteiger partial charge in [0.1, 0.15) is 0 Å². The molecule has 160 valence electrons. The van der Waals surface area contributed by atoms with Gasteiger partial charge in [0.05, 0.1) is 7.11 Å². The Morgan fingerprint density at radius 2 is 1.47 bits per heavy atom. The molecule has 2 aromatic carbocycles. The number of nitrogens with one attached hydrogen (secondary N) is 3. The van der Waals surface area contributed by atoms with Crippen LogP contribution in [0.2, 0.25) is 0 Å². The molecule has 0 spiro atoms. The van der Waals surface area contributed by atoms with Crippen LogP contribution in [0.1, 0.15) is 29.5 Å². The number of benzene rings is 2. The molecule has 2 aromatic rings. The molecule has 3 rings (SSSR count). The van der Waals surface area contributed by atoms with Crippen LogP contribution in [0, 0.1) is 0 Å². The largest absolute Gasteiger partial charge is 0.453 e. The van der Waals surface area contributed by atoms with Crippen LogP contribution >= 0.6 is 0 Å². The molecule has 1 amide bonds. The van der Waals surface area contributed by atoms with Crippen molar-refractivity contribution in [2.75, 3.05) is 32.6 Å². The Morgan fingerprint density at radius 3 is 2.00 bits per heavy atom. The molecule has 3 N–H and O–H groups in total. The zero-order valence-electron chi connectivity index (χ0n) is 17.8. The average Bonchev–Trinajstić information content (AvgIpc) is 3.29. The van der Waals surface area contributed by atoms with Gasteiger partial charge in [-0.2, -0.15) is 0 Å². The summed E-state index contributed by atoms with van der Waals surface area (Å²) in [5.74, 6) is 0.743. The summed E-state index contributed by atoms with van der Waals surface area (Å²) >= 11 is 0. The summed E-state index contributed by atoms with van der Waals surface area (Å²) in [4.78, 5) is 18.0. The van der Waals surface area contributed by atoms with Gasteiger partial charge in [0.2, 0.25) is 0 Å². The van der Waals surface area contributed by atoms with Crippen molar-refractivity contribution < 1.29 is 9.53 Å². The average molecular weight is 410 g/mol. The van der Waals surface area contributed by atoms with Gasteiger partial charge in [-0.15, -0.1) is 0 Å². The summed E-state index contributed by atoms with van der Waals surface area (Å²) in [6, 6.07) is 16.4. The smallest absolute Gasteiger partial charge is 0.411 e. The highest BCUT2D eigenvalue weighted by molar-refractivity contribution is 5.84. The van der Waals surface area contributed by atoms with Crippen molar-refractivity contribution in [3.8, 4) is 0 Å². The Kier molecular flexibility index (Phi) is 8.09. The van der Waals surface area contributed by atoms with Gasteiger partial charge in [0.25, 0.3) is 0 Å². The van der Waals surface area contributed by atoms with Crippen molar-refractivity contribution in [1.29, 1.82) is 0 Å². The Bertz CT molecular complexity index is 828. The summed E-state index contributed by atoms with van der Waals surface area (Å²) < 4.78 is 4.59. The molecule has 0 bridgehead atoms. The topological polar surface area (TPSA) is 78.0 Å². The molecule has 30 heavy (non-hydrogen) atoms. The van der Waals surface area contributed by atoms with Gasteiger partial charge in [0.15, 0.2) is 5.96 Å². The number of hydrogen-bond acceptors (Lipinski definition) is 4. The van der Waals surface area contributed by atoms with E-state index in [1.54, 1.807) is 7.05 Å². The molecule has 1 heterocycles. The number of aliphatic imine (C=N–C) groups is 1. The second-order valence-electron chi connectivity index (χ2n) is 7.39. The highest BCUT2D eigenvalue weighted by Crippen LogP contribution is 2.13. The molecule has 7 nitrogen and oxygen atoms in total. The maximum Gasteiger partial charge on any atom is 0.411 e. The van der Waals surface area contributed by atoms with Crippen molar-refractivity contribution in [2.45, 2.75) is 32.5 Å². The lowest BCUT2D eigenvalue weighted by Crippen LogP contribution is -2.36. The maximum absolute atomic E-state index is 11.2. The summed E-state index contributed by atoms with van der Waals surface area (Å²) in [6.45, 7) is 4.83. The number of anilines is 1. The van der Waals surface area contributed by atoms with Gasteiger partial charge in [-0.1, -0.05) is 36.4 Å². The summed E-state index contributed by atoms with van der Waals surface area (Å²) in [5.41, 5.74) is 4.37. The predicted molar refractivity (Wildman–Crippen MR) is 120 cm³/mol. The number of carbonyl (C=O) groups is 1. The van der Waals surface area contributed by atoms with E-state index in [4.69, 9.17) is 0 Å². The normalized spacial score (nSPS) is 14.4. The molecule has 1 fully saturated rings. The number of hydrogen-bond donors (Lipinski definition) is 3. The van der Waals surface area contributed by atoms with Crippen molar-refractivity contribution in [2.24, 2.45) is 4.99 Å². The number of carbonyl (C=O) groups excluding carboxylic acids is 1. The highest BCUT2D eigenvalue weighted by atomic mass is 16.5. The first-order valence-corrected chi connectivity index (χ1v) is 10.3. The van der Waals surface area contributed by atoms with Crippen LogP contribution < -0.4 is 16.0 Å². The summed E-state index contributed by atoms with van der Waals surface area (Å²) in [7, 11) is 3.10. The molecule has 1 saturated heterocycles. The van der Waals surface area contributed by atoms with Crippen LogP contribution in [0.15, 0.2) is 53.5 Å². The van der Waals surface area contributed by atoms with Gasteiger partial charge in [-0.25, -0.2) is 4.79 Å². The van der Waals surface area contributed by atoms with Crippen LogP contribution in [-0.2, 0) is 24.4 Å². The van der Waals surface area contributed by atoms with Crippen LogP contribution in [-0.4, -0.2) is 44.2 Å². The lowest BCUT2D eigenvalue weighted by atomic mass is 10.1. The molecule has 0 aromatic heterocycles. The fourth-order valence-electron chi connectivity index (χ4n) is 3.43. The lowest BCUT2D eigenvalue weighted by Gasteiger charge is -2.15. The maximum atomic E-state index is 11.2. The third-order valence-electron chi connectivity index (χ3n) is 5.16. The van der Waals surface area contributed by atoms with Crippen LogP contribution in [0.3, 0.4) is 0 Å². The van der Waals surface area contributed by atoms with E-state index in [-0.39, 0.29) is 0 Å². The van der Waals surface area contributed by atoms with Gasteiger partial charge < -0.3 is 15.4 Å². The number of guanidine groups is 1. The molecular weight excluding hydrogens is 378 g/mol. The van der Waals surface area contributed by atoms with Crippen LogP contribution in [0.5, 0.6) is 0 Å². The Balaban J connectivity index is 1.42. The second kappa shape index (κ2) is 11.2. The van der Waals surface area contributed by atoms with Gasteiger partial charge in [-0.3, -0.25) is 15.2 Å². The fraction of sp³-hybridized carbons (Fsp3) is 0.391. The van der Waals surface area contributed by atoms with E-state index >= 15 is 0 Å². The first-order chi connectivity index (χ1) is 14.7. The zero-order chi connectivity index (χ0) is 21.2. The standard InChI is InChI=1S/C23H31N5O2/c1-24-22(26-16-19-9-11-21(12-10-19)27-23(29)30-2)25-15-18-5-7-20(8-6-18)17-28-13-3-4-14-28/h5-12H,3-4,13-17H2,1-2H3,(H,27,29)(H2,24,25,26). The van der Waals surface area contributed by atoms with E-state index in [2.05, 4.69) is 54.8 Å². The quantitative estimate of drug-likeness (QED) is 0.483. The Labute approximate surface area is 178 Å². The number of amides is 1. The van der Waals surface area contributed by atoms with E-state index in [0.717, 1.165) is 18.1 Å². The highest BCUT2D eigenvalue weighted by Gasteiger charge is 2.11. The molecule has 0 atom stereocenters. The minimum Gasteiger partial charge on any atom is -0.453 e. The number of nitrogens with zero attached hydrogens (tertiary/aromatic N) is 2. The molecular formula is C23H31N5O2. The number of ether oxygens (including phenoxy) is 1. The Hall–Kier alpha value is -3.06. The molecule has 1 aliphatic heterocycles. The van der Waals surface area contributed by atoms with Crippen molar-refractivity contribution in [1.82, 2.24) is 15.5 Å². The summed E-state index contributed by atoms with van der Waals surface area (Å²) in [6.07, 6.45) is 2.17. The zero-order valence-corrected chi connectivity index (χ0v) is 17.8. The van der Waals surface area contributed by atoms with Crippen molar-refractivity contribution in [3.05, 3.63) is 65.2 Å². The molecule has 1 aliphatic rings. The van der Waals surface area contributed by atoms with Gasteiger partial charge in [0, 0.05) is 32.4 Å². The molecule has 7 heteroatoms. The van der Waals surface area contributed by atoms with Gasteiger partial charge >= 0.3 is 6.09 Å². The third kappa shape index (κ3) is 6.77. The second-order valence-corrected chi connectivity index (χ2v) is 7.39. The van der Waals surface area contributed by atoms with E-state index in [9.17, 15) is 4.79 Å². The Morgan fingerprint density at radius 1 is 0.933 bits per heavy atom. The van der Waals surface area contributed by atoms with E-state index in [0.29, 0.717) is 18.8 Å². The number of likely N-dealkylation sites (tertiary alicyclic amines) is 1. The molecule has 0 radical (unpaired) electrons. The first kappa shape index (κ1) is 21.6. The third-order valence-corrected chi connectivity index (χ3v) is 5.16. The first-order valence-electron chi connectivity index (χ1n) is 10.3. The predicted octanol–water partition coefficient (Wildman–Crippen LogP) is 3.33. The fourth-order valence-corrected chi connectivity index (χ4v) is 3.43. The lowest BCUT2D eigenvalue weighted by molar-refractivity contribution is 0.187. The van der Waals surface area contributed by atoms with Crippen molar-refractivity contribution in [3.63, 3.8) is 0 Å². The van der Waals surface area contributed by atoms with Crippen molar-refractivity contribution >= 4 is 17.7 Å². The van der Waals surface area contributed by atoms with Crippen LogP contribution in [0.25, 0.3) is 0 Å². The SMILES string of the molecule is CN=C(NCc1ccc(CN2CCCC2)cc1)NCc1ccc(NC(=O)OC)cc1. The monoisotopic (exact) mass is 409 g/mol. The van der Waals surface area contributed by atoms with E-state index in [1.165, 1.54) is 44.2 Å². The van der Waals surface area contributed by atoms with Gasteiger partial charge in [-0.05, 0) is 54.8 Å². The minimum atomic E-state index is -0.477. The minimum absolute atomic E-state index is 0.477. The summed E-state index contributed by atoms with van der Waals surface area (Å²) in [5, 5.41) is 9.29. The molecule has 0 aliphatic carbocycles. The number of rotatable bonds is 7. The molecule has 0 saturated carbocycles.